The number of carbonyl (C=O) groups excluding carboxylic acids is 1. The summed E-state index contributed by atoms with van der Waals surface area (Å²) in [5.41, 5.74) is 3.19. The van der Waals surface area contributed by atoms with Crippen molar-refractivity contribution in [3.05, 3.63) is 17.0 Å². The van der Waals surface area contributed by atoms with E-state index in [-0.39, 0.29) is 11.7 Å². The number of amides is 1. The average Bonchev–Trinajstić information content (AvgIpc) is 2.78. The Kier molecular flexibility index (Phi) is 5.46. The van der Waals surface area contributed by atoms with Gasteiger partial charge in [0, 0.05) is 45.3 Å². The molecule has 0 unspecified atom stereocenters. The summed E-state index contributed by atoms with van der Waals surface area (Å²) >= 11 is 0. The van der Waals surface area contributed by atoms with Crippen LogP contribution in [-0.2, 0) is 28.3 Å². The summed E-state index contributed by atoms with van der Waals surface area (Å²) in [6.45, 7) is 7.35. The van der Waals surface area contributed by atoms with Gasteiger partial charge < -0.3 is 4.90 Å². The largest absolute Gasteiger partial charge is 0.340 e. The zero-order chi connectivity index (χ0) is 17.2. The summed E-state index contributed by atoms with van der Waals surface area (Å²) in [5.74, 6) is 0.196. The van der Waals surface area contributed by atoms with Gasteiger partial charge in [0.15, 0.2) is 0 Å². The summed E-state index contributed by atoms with van der Waals surface area (Å²) in [5, 5.41) is 4.37. The highest BCUT2D eigenvalue weighted by Gasteiger charge is 2.27. The molecule has 0 spiro atoms. The highest BCUT2D eigenvalue weighted by Crippen LogP contribution is 2.15. The molecule has 7 nitrogen and oxygen atoms in total. The van der Waals surface area contributed by atoms with Crippen LogP contribution in [0.1, 0.15) is 30.3 Å². The van der Waals surface area contributed by atoms with Gasteiger partial charge in [0.2, 0.25) is 15.9 Å². The van der Waals surface area contributed by atoms with Gasteiger partial charge >= 0.3 is 0 Å². The standard InChI is InChI=1S/C15H26N4O3S/c1-5-23(21,22)19-10-8-18(9-11-19)15(20)7-6-14-12(2)16-17(4)13(14)3/h5-11H2,1-4H3. The Morgan fingerprint density at radius 3 is 2.26 bits per heavy atom. The van der Waals surface area contributed by atoms with Crippen LogP contribution in [0.3, 0.4) is 0 Å². The molecule has 1 fully saturated rings. The van der Waals surface area contributed by atoms with E-state index in [1.54, 1.807) is 11.8 Å². The number of aryl methyl sites for hydroxylation is 2. The summed E-state index contributed by atoms with van der Waals surface area (Å²) in [7, 11) is -1.25. The maximum absolute atomic E-state index is 12.4. The van der Waals surface area contributed by atoms with Crippen molar-refractivity contribution in [2.24, 2.45) is 7.05 Å². The summed E-state index contributed by atoms with van der Waals surface area (Å²) in [6, 6.07) is 0. The normalized spacial score (nSPS) is 16.8. The second-order valence-corrected chi connectivity index (χ2v) is 8.21. The molecule has 0 saturated carbocycles. The maximum atomic E-state index is 12.4. The molecule has 0 aliphatic carbocycles. The molecule has 0 N–H and O–H groups in total. The van der Waals surface area contributed by atoms with Crippen molar-refractivity contribution >= 4 is 15.9 Å². The van der Waals surface area contributed by atoms with Gasteiger partial charge in [-0.3, -0.25) is 9.48 Å². The van der Waals surface area contributed by atoms with Crippen molar-refractivity contribution in [3.63, 3.8) is 0 Å². The van der Waals surface area contributed by atoms with Gasteiger partial charge in [-0.2, -0.15) is 9.40 Å². The number of hydrogen-bond donors (Lipinski definition) is 0. The fraction of sp³-hybridized carbons (Fsp3) is 0.733. The minimum atomic E-state index is -3.15. The highest BCUT2D eigenvalue weighted by atomic mass is 32.2. The average molecular weight is 342 g/mol. The lowest BCUT2D eigenvalue weighted by molar-refractivity contribution is -0.132. The molecule has 1 aromatic rings. The summed E-state index contributed by atoms with van der Waals surface area (Å²) < 4.78 is 27.0. The second-order valence-electron chi connectivity index (χ2n) is 5.95. The quantitative estimate of drug-likeness (QED) is 0.779. The van der Waals surface area contributed by atoms with Crippen molar-refractivity contribution in [2.75, 3.05) is 31.9 Å². The molecule has 1 amide bonds. The van der Waals surface area contributed by atoms with E-state index in [1.807, 2.05) is 25.6 Å². The Bertz CT molecular complexity index is 673. The van der Waals surface area contributed by atoms with Crippen molar-refractivity contribution in [2.45, 2.75) is 33.6 Å². The summed E-state index contributed by atoms with van der Waals surface area (Å²) in [6.07, 6.45) is 1.12. The number of piperazine rings is 1. The minimum Gasteiger partial charge on any atom is -0.340 e. The van der Waals surface area contributed by atoms with Crippen LogP contribution in [0.4, 0.5) is 0 Å². The molecule has 130 valence electrons. The zero-order valence-electron chi connectivity index (χ0n) is 14.4. The first kappa shape index (κ1) is 17.9. The van der Waals surface area contributed by atoms with Crippen LogP contribution in [0.25, 0.3) is 0 Å². The number of hydrogen-bond acceptors (Lipinski definition) is 4. The van der Waals surface area contributed by atoms with Crippen molar-refractivity contribution in [1.82, 2.24) is 19.0 Å². The van der Waals surface area contributed by atoms with Crippen LogP contribution < -0.4 is 0 Å². The van der Waals surface area contributed by atoms with E-state index in [4.69, 9.17) is 0 Å². The smallest absolute Gasteiger partial charge is 0.222 e. The molecule has 0 bridgehead atoms. The van der Waals surface area contributed by atoms with Gasteiger partial charge in [-0.1, -0.05) is 0 Å². The number of nitrogens with zero attached hydrogens (tertiary/aromatic N) is 4. The fourth-order valence-electron chi connectivity index (χ4n) is 2.97. The minimum absolute atomic E-state index is 0.0844. The van der Waals surface area contributed by atoms with Gasteiger partial charge in [-0.05, 0) is 32.8 Å². The van der Waals surface area contributed by atoms with Crippen molar-refractivity contribution < 1.29 is 13.2 Å². The molecule has 0 aromatic carbocycles. The first-order chi connectivity index (χ1) is 10.8. The first-order valence-corrected chi connectivity index (χ1v) is 9.62. The Morgan fingerprint density at radius 1 is 1.17 bits per heavy atom. The van der Waals surface area contributed by atoms with Crippen LogP contribution in [0.2, 0.25) is 0 Å². The molecular formula is C15H26N4O3S. The predicted molar refractivity (Wildman–Crippen MR) is 88.6 cm³/mol. The molecule has 1 saturated heterocycles. The van der Waals surface area contributed by atoms with E-state index < -0.39 is 10.0 Å². The molecule has 1 aliphatic heterocycles. The molecule has 1 aromatic heterocycles. The second kappa shape index (κ2) is 7.00. The maximum Gasteiger partial charge on any atom is 0.222 e. The van der Waals surface area contributed by atoms with Crippen LogP contribution in [0.15, 0.2) is 0 Å². The van der Waals surface area contributed by atoms with E-state index in [9.17, 15) is 13.2 Å². The van der Waals surface area contributed by atoms with Gasteiger partial charge in [0.25, 0.3) is 0 Å². The third-order valence-electron chi connectivity index (χ3n) is 4.60. The fourth-order valence-corrected chi connectivity index (χ4v) is 4.05. The third-order valence-corrected chi connectivity index (χ3v) is 6.48. The SMILES string of the molecule is CCS(=O)(=O)N1CCN(C(=O)CCc2c(C)nn(C)c2C)CC1. The van der Waals surface area contributed by atoms with Crippen molar-refractivity contribution in [1.29, 1.82) is 0 Å². The number of carbonyl (C=O) groups is 1. The molecule has 0 atom stereocenters. The monoisotopic (exact) mass is 342 g/mol. The highest BCUT2D eigenvalue weighted by molar-refractivity contribution is 7.89. The lowest BCUT2D eigenvalue weighted by Gasteiger charge is -2.33. The Hall–Kier alpha value is -1.41. The molecule has 0 radical (unpaired) electrons. The van der Waals surface area contributed by atoms with Crippen molar-refractivity contribution in [3.8, 4) is 0 Å². The molecule has 2 rings (SSSR count). The lowest BCUT2D eigenvalue weighted by Crippen LogP contribution is -2.50. The number of sulfonamides is 1. The molecule has 2 heterocycles. The first-order valence-electron chi connectivity index (χ1n) is 8.01. The third kappa shape index (κ3) is 3.92. The predicted octanol–water partition coefficient (Wildman–Crippen LogP) is 0.463. The van der Waals surface area contributed by atoms with Gasteiger partial charge in [0.05, 0.1) is 11.4 Å². The molecule has 1 aliphatic rings. The zero-order valence-corrected chi connectivity index (χ0v) is 15.2. The van der Waals surface area contributed by atoms with Crippen LogP contribution in [0, 0.1) is 13.8 Å². The molecule has 23 heavy (non-hydrogen) atoms. The van der Waals surface area contributed by atoms with E-state index in [2.05, 4.69) is 5.10 Å². The van der Waals surface area contributed by atoms with E-state index in [1.165, 1.54) is 4.31 Å². The number of aromatic nitrogens is 2. The molecule has 8 heteroatoms. The Morgan fingerprint density at radius 2 is 1.78 bits per heavy atom. The summed E-state index contributed by atoms with van der Waals surface area (Å²) in [4.78, 5) is 14.1. The Labute approximate surface area is 138 Å². The van der Waals surface area contributed by atoms with Gasteiger partial charge in [-0.15, -0.1) is 0 Å². The lowest BCUT2D eigenvalue weighted by atomic mass is 10.1. The van der Waals surface area contributed by atoms with E-state index in [0.717, 1.165) is 17.0 Å². The number of rotatable bonds is 5. The van der Waals surface area contributed by atoms with Gasteiger partial charge in [-0.25, -0.2) is 8.42 Å². The van der Waals surface area contributed by atoms with Crippen LogP contribution in [-0.4, -0.2) is 65.2 Å². The van der Waals surface area contributed by atoms with Crippen LogP contribution in [0.5, 0.6) is 0 Å². The topological polar surface area (TPSA) is 75.5 Å². The van der Waals surface area contributed by atoms with E-state index in [0.29, 0.717) is 39.0 Å². The van der Waals surface area contributed by atoms with Gasteiger partial charge in [0.1, 0.15) is 0 Å². The molecular weight excluding hydrogens is 316 g/mol. The Balaban J connectivity index is 1.88. The van der Waals surface area contributed by atoms with E-state index >= 15 is 0 Å². The van der Waals surface area contributed by atoms with Crippen LogP contribution >= 0.6 is 0 Å².